The third-order valence-corrected chi connectivity index (χ3v) is 6.64. The molecule has 2 N–H and O–H groups in total. The Morgan fingerprint density at radius 1 is 1.21 bits per heavy atom. The quantitative estimate of drug-likeness (QED) is 0.397. The van der Waals surface area contributed by atoms with Gasteiger partial charge in [-0.2, -0.15) is 4.39 Å². The molecule has 1 fully saturated rings. The van der Waals surface area contributed by atoms with Gasteiger partial charge in [-0.05, 0) is 35.4 Å². The van der Waals surface area contributed by atoms with Crippen LogP contribution in [-0.4, -0.2) is 62.5 Å². The Morgan fingerprint density at radius 2 is 1.88 bits per heavy atom. The number of nitrogens with zero attached hydrogens (tertiary/aromatic N) is 3. The number of likely N-dealkylation sites (N-methyl/N-ethyl adjacent to an activating group) is 2. The molecule has 2 atom stereocenters. The zero-order valence-electron chi connectivity index (χ0n) is 17.7. The van der Waals surface area contributed by atoms with Crippen molar-refractivity contribution in [1.29, 1.82) is 0 Å². The molecule has 1 saturated heterocycles. The highest BCUT2D eigenvalue weighted by atomic mass is 79.9. The summed E-state index contributed by atoms with van der Waals surface area (Å²) in [5, 5.41) is 22.7. The summed E-state index contributed by atoms with van der Waals surface area (Å²) in [5.74, 6) is -2.21. The number of carbonyl (C=O) groups is 2. The van der Waals surface area contributed by atoms with Gasteiger partial charge in [0, 0.05) is 37.6 Å². The first-order valence-corrected chi connectivity index (χ1v) is 10.8. The summed E-state index contributed by atoms with van der Waals surface area (Å²) >= 11 is 3.33. The molecule has 1 aliphatic rings. The summed E-state index contributed by atoms with van der Waals surface area (Å²) in [5.41, 5.74) is -1.46. The van der Waals surface area contributed by atoms with Gasteiger partial charge in [0.2, 0.25) is 17.4 Å². The van der Waals surface area contributed by atoms with Crippen LogP contribution in [-0.2, 0) is 22.4 Å². The molecule has 11 heteroatoms. The van der Waals surface area contributed by atoms with Gasteiger partial charge >= 0.3 is 5.69 Å². The molecule has 1 aromatic heterocycles. The first-order chi connectivity index (χ1) is 15.5. The maximum atomic E-state index is 14.2. The third kappa shape index (κ3) is 3.76. The standard InChI is InChI=1S/C22H20BrFN4O5/c1-26-17(9-13-11-25-16-8-7-15(24)19(18(13)16)28(32)33)20(29)27(2)22(31,21(26)30)10-12-3-5-14(23)6-4-12/h3-8,11,17,25,31H,9-10H2,1-2H3/t17-,22+/m0/s1. The largest absolute Gasteiger partial charge is 0.363 e. The molecule has 0 unspecified atom stereocenters. The summed E-state index contributed by atoms with van der Waals surface area (Å²) in [6.45, 7) is 0. The number of aliphatic hydroxyl groups is 1. The Balaban J connectivity index is 1.67. The molecule has 9 nitrogen and oxygen atoms in total. The number of piperazine rings is 1. The molecule has 0 radical (unpaired) electrons. The summed E-state index contributed by atoms with van der Waals surface area (Å²) in [7, 11) is 2.74. The van der Waals surface area contributed by atoms with E-state index in [4.69, 9.17) is 0 Å². The molecule has 2 heterocycles. The second-order valence-electron chi connectivity index (χ2n) is 8.04. The molecule has 2 amide bonds. The predicted molar refractivity (Wildman–Crippen MR) is 121 cm³/mol. The Morgan fingerprint density at radius 3 is 2.52 bits per heavy atom. The van der Waals surface area contributed by atoms with Crippen molar-refractivity contribution in [2.45, 2.75) is 24.6 Å². The molecule has 2 aromatic carbocycles. The predicted octanol–water partition coefficient (Wildman–Crippen LogP) is 2.75. The lowest BCUT2D eigenvalue weighted by Gasteiger charge is -2.47. The number of hydrogen-bond donors (Lipinski definition) is 2. The van der Waals surface area contributed by atoms with E-state index in [1.807, 2.05) is 0 Å². The number of aromatic nitrogens is 1. The topological polar surface area (TPSA) is 120 Å². The first-order valence-electron chi connectivity index (χ1n) is 9.99. The average Bonchev–Trinajstić information content (AvgIpc) is 3.18. The maximum absolute atomic E-state index is 14.2. The number of amides is 2. The van der Waals surface area contributed by atoms with Crippen molar-refractivity contribution in [3.8, 4) is 0 Å². The molecule has 0 bridgehead atoms. The lowest BCUT2D eigenvalue weighted by atomic mass is 9.92. The summed E-state index contributed by atoms with van der Waals surface area (Å²) in [6.07, 6.45) is 1.26. The normalized spacial score (nSPS) is 21.2. The number of H-pyrrole nitrogens is 1. The molecular weight excluding hydrogens is 499 g/mol. The highest BCUT2D eigenvalue weighted by Gasteiger charge is 2.53. The van der Waals surface area contributed by atoms with Crippen molar-refractivity contribution in [3.05, 3.63) is 74.1 Å². The van der Waals surface area contributed by atoms with E-state index in [0.29, 0.717) is 16.6 Å². The lowest BCUT2D eigenvalue weighted by molar-refractivity contribution is -0.385. The van der Waals surface area contributed by atoms with Crippen molar-refractivity contribution in [2.75, 3.05) is 14.1 Å². The third-order valence-electron chi connectivity index (χ3n) is 6.11. The average molecular weight is 519 g/mol. The van der Waals surface area contributed by atoms with Crippen LogP contribution in [0.5, 0.6) is 0 Å². The van der Waals surface area contributed by atoms with Crippen molar-refractivity contribution < 1.29 is 24.0 Å². The highest BCUT2D eigenvalue weighted by Crippen LogP contribution is 2.34. The van der Waals surface area contributed by atoms with Crippen molar-refractivity contribution >= 4 is 44.3 Å². The SMILES string of the molecule is CN1C(=O)[C@](O)(Cc2ccc(Br)cc2)N(C)C(=O)[C@@H]1Cc1c[nH]c2ccc(F)c([N+](=O)[O-])c12. The van der Waals surface area contributed by atoms with E-state index >= 15 is 0 Å². The minimum atomic E-state index is -2.09. The molecule has 1 aliphatic heterocycles. The van der Waals surface area contributed by atoms with Crippen molar-refractivity contribution in [2.24, 2.45) is 0 Å². The van der Waals surface area contributed by atoms with Crippen LogP contribution in [0.4, 0.5) is 10.1 Å². The van der Waals surface area contributed by atoms with Crippen LogP contribution < -0.4 is 0 Å². The summed E-state index contributed by atoms with van der Waals surface area (Å²) in [4.78, 5) is 42.1. The van der Waals surface area contributed by atoms with Gasteiger partial charge in [-0.3, -0.25) is 19.7 Å². The van der Waals surface area contributed by atoms with Gasteiger partial charge in [-0.1, -0.05) is 28.1 Å². The van der Waals surface area contributed by atoms with Crippen molar-refractivity contribution in [1.82, 2.24) is 14.8 Å². The second kappa shape index (κ2) is 8.23. The number of rotatable bonds is 5. The molecule has 172 valence electrons. The number of aromatic amines is 1. The number of nitrogens with one attached hydrogen (secondary N) is 1. The fourth-order valence-electron chi connectivity index (χ4n) is 4.24. The molecule has 0 aliphatic carbocycles. The molecule has 33 heavy (non-hydrogen) atoms. The number of hydrogen-bond acceptors (Lipinski definition) is 5. The Bertz CT molecular complexity index is 1280. The van der Waals surface area contributed by atoms with E-state index in [9.17, 15) is 29.2 Å². The van der Waals surface area contributed by atoms with E-state index in [0.717, 1.165) is 20.3 Å². The van der Waals surface area contributed by atoms with Gasteiger partial charge in [0.25, 0.3) is 5.91 Å². The lowest BCUT2D eigenvalue weighted by Crippen LogP contribution is -2.70. The number of nitro groups is 1. The van der Waals surface area contributed by atoms with Gasteiger partial charge < -0.3 is 19.9 Å². The summed E-state index contributed by atoms with van der Waals surface area (Å²) < 4.78 is 15.0. The van der Waals surface area contributed by atoms with Gasteiger partial charge in [-0.25, -0.2) is 0 Å². The van der Waals surface area contributed by atoms with Crippen LogP contribution in [0.2, 0.25) is 0 Å². The zero-order valence-corrected chi connectivity index (χ0v) is 19.3. The van der Waals surface area contributed by atoms with Crippen LogP contribution in [0.15, 0.2) is 47.1 Å². The van der Waals surface area contributed by atoms with Crippen LogP contribution >= 0.6 is 15.9 Å². The minimum Gasteiger partial charge on any atom is -0.363 e. The Kier molecular flexibility index (Phi) is 5.71. The van der Waals surface area contributed by atoms with Gasteiger partial charge in [0.1, 0.15) is 6.04 Å². The number of nitro benzene ring substituents is 1. The number of halogens is 2. The fraction of sp³-hybridized carbons (Fsp3) is 0.273. The van der Waals surface area contributed by atoms with E-state index in [-0.39, 0.29) is 18.2 Å². The first kappa shape index (κ1) is 22.9. The minimum absolute atomic E-state index is 0.0481. The molecule has 0 saturated carbocycles. The van der Waals surface area contributed by atoms with E-state index in [1.54, 1.807) is 24.3 Å². The van der Waals surface area contributed by atoms with Crippen molar-refractivity contribution in [3.63, 3.8) is 0 Å². The van der Waals surface area contributed by atoms with Gasteiger partial charge in [0.15, 0.2) is 0 Å². The Hall–Kier alpha value is -3.31. The number of carbonyl (C=O) groups excluding carboxylic acids is 2. The monoisotopic (exact) mass is 518 g/mol. The fourth-order valence-corrected chi connectivity index (χ4v) is 4.50. The van der Waals surface area contributed by atoms with Gasteiger partial charge in [0.05, 0.1) is 15.8 Å². The second-order valence-corrected chi connectivity index (χ2v) is 8.96. The van der Waals surface area contributed by atoms with E-state index in [1.165, 1.54) is 26.4 Å². The highest BCUT2D eigenvalue weighted by molar-refractivity contribution is 9.10. The maximum Gasteiger partial charge on any atom is 0.314 e. The van der Waals surface area contributed by atoms with Crippen LogP contribution in [0.3, 0.4) is 0 Å². The molecule has 3 aromatic rings. The van der Waals surface area contributed by atoms with E-state index < -0.39 is 40.0 Å². The molecular formula is C22H20BrFN4O5. The smallest absolute Gasteiger partial charge is 0.314 e. The van der Waals surface area contributed by atoms with Gasteiger partial charge in [-0.15, -0.1) is 0 Å². The Labute approximate surface area is 196 Å². The van der Waals surface area contributed by atoms with Crippen LogP contribution in [0.25, 0.3) is 10.9 Å². The molecule has 0 spiro atoms. The number of benzene rings is 2. The molecule has 4 rings (SSSR count). The number of fused-ring (bicyclic) bond motifs is 1. The van der Waals surface area contributed by atoms with Crippen LogP contribution in [0, 0.1) is 15.9 Å². The van der Waals surface area contributed by atoms with Crippen LogP contribution in [0.1, 0.15) is 11.1 Å². The van der Waals surface area contributed by atoms with E-state index in [2.05, 4.69) is 20.9 Å². The zero-order chi connectivity index (χ0) is 24.1. The summed E-state index contributed by atoms with van der Waals surface area (Å²) in [6, 6.07) is 8.35.